The number of hydrogen-bond acceptors (Lipinski definition) is 3. The van der Waals surface area contributed by atoms with E-state index < -0.39 is 0 Å². The molecule has 0 unspecified atom stereocenters. The van der Waals surface area contributed by atoms with E-state index in [1.54, 1.807) is 12.1 Å². The van der Waals surface area contributed by atoms with Crippen molar-refractivity contribution in [2.75, 3.05) is 28.2 Å². The number of hydrogen-bond donors (Lipinski definition) is 0. The largest absolute Gasteiger partial charge is 0.383 e. The Morgan fingerprint density at radius 1 is 1.09 bits per heavy atom. The SMILES string of the molecule is CN(C)/C=C(/C=[N+](C)C)c1ccc([N+](=O)[O-])c2ccccc12. The van der Waals surface area contributed by atoms with Crippen LogP contribution in [0.15, 0.2) is 42.6 Å². The normalized spacial score (nSPS) is 11.4. The van der Waals surface area contributed by atoms with Crippen LogP contribution in [0.4, 0.5) is 5.69 Å². The lowest BCUT2D eigenvalue weighted by molar-refractivity contribution is -0.458. The molecule has 5 nitrogen and oxygen atoms in total. The lowest BCUT2D eigenvalue weighted by atomic mass is 9.98. The van der Waals surface area contributed by atoms with Crippen LogP contribution in [0.3, 0.4) is 0 Å². The number of allylic oxidation sites excluding steroid dienone is 1. The Labute approximate surface area is 129 Å². The molecule has 0 bridgehead atoms. The minimum Gasteiger partial charge on any atom is -0.383 e. The van der Waals surface area contributed by atoms with Crippen LogP contribution in [0.25, 0.3) is 16.3 Å². The first kappa shape index (κ1) is 15.7. The van der Waals surface area contributed by atoms with Crippen LogP contribution in [-0.4, -0.2) is 48.8 Å². The maximum atomic E-state index is 11.2. The molecule has 0 amide bonds. The fourth-order valence-corrected chi connectivity index (χ4v) is 2.42. The number of nitro benzene ring substituents is 1. The summed E-state index contributed by atoms with van der Waals surface area (Å²) in [5, 5.41) is 12.8. The van der Waals surface area contributed by atoms with Crippen molar-refractivity contribution in [3.05, 3.63) is 58.3 Å². The Bertz CT molecular complexity index is 773. The second-order valence-corrected chi connectivity index (χ2v) is 5.58. The molecule has 0 saturated heterocycles. The smallest absolute Gasteiger partial charge is 0.277 e. The van der Waals surface area contributed by atoms with Gasteiger partial charge in [0.1, 0.15) is 14.1 Å². The minimum absolute atomic E-state index is 0.133. The van der Waals surface area contributed by atoms with Gasteiger partial charge < -0.3 is 4.90 Å². The lowest BCUT2D eigenvalue weighted by Gasteiger charge is -2.11. The molecule has 0 N–H and O–H groups in total. The van der Waals surface area contributed by atoms with Crippen LogP contribution in [0.1, 0.15) is 5.56 Å². The molecule has 0 saturated carbocycles. The van der Waals surface area contributed by atoms with Crippen LogP contribution in [0.5, 0.6) is 0 Å². The van der Waals surface area contributed by atoms with Gasteiger partial charge in [0, 0.05) is 26.4 Å². The van der Waals surface area contributed by atoms with Gasteiger partial charge in [0.05, 0.1) is 15.9 Å². The molecule has 0 aliphatic rings. The van der Waals surface area contributed by atoms with Crippen molar-refractivity contribution >= 4 is 28.2 Å². The summed E-state index contributed by atoms with van der Waals surface area (Å²) in [5.41, 5.74) is 2.11. The number of nitrogens with zero attached hydrogens (tertiary/aromatic N) is 3. The summed E-state index contributed by atoms with van der Waals surface area (Å²) >= 11 is 0. The van der Waals surface area contributed by atoms with Gasteiger partial charge >= 0.3 is 0 Å². The summed E-state index contributed by atoms with van der Waals surface area (Å²) in [4.78, 5) is 12.8. The van der Waals surface area contributed by atoms with E-state index in [0.29, 0.717) is 5.39 Å². The minimum atomic E-state index is -0.336. The second-order valence-electron chi connectivity index (χ2n) is 5.58. The molecule has 0 spiro atoms. The number of nitro groups is 1. The van der Waals surface area contributed by atoms with E-state index in [0.717, 1.165) is 16.5 Å². The monoisotopic (exact) mass is 298 g/mol. The summed E-state index contributed by atoms with van der Waals surface area (Å²) in [7, 11) is 7.82. The molecule has 0 aliphatic carbocycles. The second kappa shape index (κ2) is 6.39. The molecule has 2 aromatic carbocycles. The summed E-state index contributed by atoms with van der Waals surface area (Å²) in [6.45, 7) is 0. The topological polar surface area (TPSA) is 49.4 Å². The molecule has 0 atom stereocenters. The fourth-order valence-electron chi connectivity index (χ4n) is 2.42. The average Bonchev–Trinajstić information content (AvgIpc) is 2.44. The van der Waals surface area contributed by atoms with Crippen molar-refractivity contribution < 1.29 is 9.50 Å². The van der Waals surface area contributed by atoms with E-state index in [2.05, 4.69) is 0 Å². The number of non-ortho nitro benzene ring substituents is 1. The van der Waals surface area contributed by atoms with E-state index in [1.807, 2.05) is 74.3 Å². The maximum Gasteiger partial charge on any atom is 0.277 e. The zero-order valence-electron chi connectivity index (χ0n) is 13.3. The van der Waals surface area contributed by atoms with Crippen LogP contribution >= 0.6 is 0 Å². The molecule has 2 rings (SSSR count). The summed E-state index contributed by atoms with van der Waals surface area (Å²) in [6, 6.07) is 10.8. The lowest BCUT2D eigenvalue weighted by Crippen LogP contribution is -2.07. The highest BCUT2D eigenvalue weighted by Crippen LogP contribution is 2.31. The summed E-state index contributed by atoms with van der Waals surface area (Å²) < 4.78 is 1.96. The standard InChI is InChI=1S/C17H20N3O2/c1-18(2)11-13(12-19(3)4)14-9-10-17(20(21)22)16-8-6-5-7-15(14)16/h5-12H,1-4H3/q+1. The molecule has 114 valence electrons. The molecule has 0 radical (unpaired) electrons. The number of rotatable bonds is 4. The van der Waals surface area contributed by atoms with Crippen molar-refractivity contribution in [2.24, 2.45) is 0 Å². The van der Waals surface area contributed by atoms with Gasteiger partial charge in [0.25, 0.3) is 5.69 Å². The number of benzene rings is 2. The van der Waals surface area contributed by atoms with Gasteiger partial charge in [-0.05, 0) is 23.1 Å². The van der Waals surface area contributed by atoms with Crippen LogP contribution in [-0.2, 0) is 0 Å². The Kier molecular flexibility index (Phi) is 4.56. The Balaban J connectivity index is 2.77. The Morgan fingerprint density at radius 2 is 1.73 bits per heavy atom. The first-order valence-corrected chi connectivity index (χ1v) is 6.96. The first-order chi connectivity index (χ1) is 10.4. The quantitative estimate of drug-likeness (QED) is 0.377. The van der Waals surface area contributed by atoms with Crippen LogP contribution in [0.2, 0.25) is 0 Å². The van der Waals surface area contributed by atoms with Crippen molar-refractivity contribution in [2.45, 2.75) is 0 Å². The molecule has 5 heteroatoms. The van der Waals surface area contributed by atoms with E-state index >= 15 is 0 Å². The van der Waals surface area contributed by atoms with E-state index in [9.17, 15) is 10.1 Å². The fraction of sp³-hybridized carbons (Fsp3) is 0.235. The molecule has 0 aliphatic heterocycles. The Hall–Kier alpha value is -2.69. The molecule has 2 aromatic rings. The van der Waals surface area contributed by atoms with Gasteiger partial charge in [-0.25, -0.2) is 4.58 Å². The molecular formula is C17H20N3O2+. The first-order valence-electron chi connectivity index (χ1n) is 6.96. The third-order valence-electron chi connectivity index (χ3n) is 3.20. The highest BCUT2D eigenvalue weighted by atomic mass is 16.6. The van der Waals surface area contributed by atoms with Crippen molar-refractivity contribution in [3.63, 3.8) is 0 Å². The zero-order valence-corrected chi connectivity index (χ0v) is 13.3. The Morgan fingerprint density at radius 3 is 2.27 bits per heavy atom. The third kappa shape index (κ3) is 3.31. The van der Waals surface area contributed by atoms with Gasteiger partial charge in [-0.2, -0.15) is 0 Å². The molecule has 22 heavy (non-hydrogen) atoms. The van der Waals surface area contributed by atoms with Gasteiger partial charge in [0.15, 0.2) is 6.21 Å². The van der Waals surface area contributed by atoms with Gasteiger partial charge in [0.2, 0.25) is 0 Å². The predicted molar refractivity (Wildman–Crippen MR) is 90.4 cm³/mol. The molecule has 0 heterocycles. The van der Waals surface area contributed by atoms with Crippen molar-refractivity contribution in [3.8, 4) is 0 Å². The van der Waals surface area contributed by atoms with Crippen LogP contribution < -0.4 is 0 Å². The maximum absolute atomic E-state index is 11.2. The van der Waals surface area contributed by atoms with E-state index in [4.69, 9.17) is 0 Å². The summed E-state index contributed by atoms with van der Waals surface area (Å²) in [5.74, 6) is 0. The molecular weight excluding hydrogens is 278 g/mol. The average molecular weight is 298 g/mol. The van der Waals surface area contributed by atoms with E-state index in [-0.39, 0.29) is 10.6 Å². The number of fused-ring (bicyclic) bond motifs is 1. The third-order valence-corrected chi connectivity index (χ3v) is 3.20. The molecule has 0 aromatic heterocycles. The van der Waals surface area contributed by atoms with Crippen molar-refractivity contribution in [1.29, 1.82) is 0 Å². The predicted octanol–water partition coefficient (Wildman–Crippen LogP) is 2.99. The van der Waals surface area contributed by atoms with Crippen LogP contribution in [0, 0.1) is 10.1 Å². The molecule has 0 fully saturated rings. The van der Waals surface area contributed by atoms with Gasteiger partial charge in [-0.15, -0.1) is 0 Å². The van der Waals surface area contributed by atoms with Crippen molar-refractivity contribution in [1.82, 2.24) is 4.90 Å². The zero-order chi connectivity index (χ0) is 16.3. The highest BCUT2D eigenvalue weighted by Gasteiger charge is 2.16. The van der Waals surface area contributed by atoms with E-state index in [1.165, 1.54) is 0 Å². The highest BCUT2D eigenvalue weighted by molar-refractivity contribution is 6.14. The van der Waals surface area contributed by atoms with Gasteiger partial charge in [-0.1, -0.05) is 18.2 Å². The summed E-state index contributed by atoms with van der Waals surface area (Å²) in [6.07, 6.45) is 4.02. The van der Waals surface area contributed by atoms with Gasteiger partial charge in [-0.3, -0.25) is 10.1 Å².